The molecule has 0 fully saturated rings. The van der Waals surface area contributed by atoms with Gasteiger partial charge >= 0.3 is 0 Å². The topological polar surface area (TPSA) is 12.9 Å². The lowest BCUT2D eigenvalue weighted by atomic mass is 9.95. The highest BCUT2D eigenvalue weighted by Crippen LogP contribution is 2.35. The zero-order valence-electron chi connectivity index (χ0n) is 14.3. The van der Waals surface area contributed by atoms with E-state index in [1.807, 2.05) is 12.3 Å². The molecule has 122 valence electrons. The Hall–Kier alpha value is -3.45. The van der Waals surface area contributed by atoms with E-state index in [9.17, 15) is 0 Å². The van der Waals surface area contributed by atoms with Gasteiger partial charge in [0.1, 0.15) is 0 Å². The first-order valence-electron chi connectivity index (χ1n) is 8.83. The second-order valence-electron chi connectivity index (χ2n) is 6.46. The van der Waals surface area contributed by atoms with Crippen LogP contribution in [0.15, 0.2) is 103 Å². The van der Waals surface area contributed by atoms with Gasteiger partial charge in [0.25, 0.3) is 0 Å². The lowest BCUT2D eigenvalue weighted by molar-refractivity contribution is 1.44. The van der Waals surface area contributed by atoms with Crippen LogP contribution in [0.25, 0.3) is 43.9 Å². The van der Waals surface area contributed by atoms with Gasteiger partial charge in [0, 0.05) is 22.5 Å². The molecule has 1 nitrogen and oxygen atoms in total. The van der Waals surface area contributed by atoms with Gasteiger partial charge in [0.15, 0.2) is 0 Å². The smallest absolute Gasteiger partial charge is 0.0786 e. The third-order valence-electron chi connectivity index (χ3n) is 4.92. The Labute approximate surface area is 152 Å². The van der Waals surface area contributed by atoms with Crippen LogP contribution in [0.2, 0.25) is 0 Å². The summed E-state index contributed by atoms with van der Waals surface area (Å²) in [7, 11) is 0. The Morgan fingerprint density at radius 1 is 0.423 bits per heavy atom. The predicted molar refractivity (Wildman–Crippen MR) is 110 cm³/mol. The number of hydrogen-bond donors (Lipinski definition) is 0. The third kappa shape index (κ3) is 2.37. The van der Waals surface area contributed by atoms with Crippen molar-refractivity contribution in [1.82, 2.24) is 4.98 Å². The van der Waals surface area contributed by atoms with Gasteiger partial charge in [0.05, 0.1) is 5.52 Å². The van der Waals surface area contributed by atoms with Crippen molar-refractivity contribution < 1.29 is 0 Å². The van der Waals surface area contributed by atoms with Crippen molar-refractivity contribution in [1.29, 1.82) is 0 Å². The van der Waals surface area contributed by atoms with Gasteiger partial charge in [-0.3, -0.25) is 4.98 Å². The maximum absolute atomic E-state index is 4.87. The van der Waals surface area contributed by atoms with Crippen LogP contribution in [-0.4, -0.2) is 4.98 Å². The number of nitrogens with zero attached hydrogens (tertiary/aromatic N) is 1. The molecule has 0 radical (unpaired) electrons. The predicted octanol–water partition coefficient (Wildman–Crippen LogP) is 6.72. The number of pyridine rings is 1. The van der Waals surface area contributed by atoms with Gasteiger partial charge in [-0.25, -0.2) is 0 Å². The van der Waals surface area contributed by atoms with Gasteiger partial charge in [-0.2, -0.15) is 0 Å². The Bertz CT molecular complexity index is 1110. The summed E-state index contributed by atoms with van der Waals surface area (Å²) in [6.45, 7) is 0. The van der Waals surface area contributed by atoms with Crippen LogP contribution >= 0.6 is 0 Å². The van der Waals surface area contributed by atoms with E-state index in [4.69, 9.17) is 4.98 Å². The van der Waals surface area contributed by atoms with Gasteiger partial charge in [-0.05, 0) is 22.1 Å². The van der Waals surface area contributed by atoms with Crippen LogP contribution < -0.4 is 0 Å². The molecular weight excluding hydrogens is 314 g/mol. The maximum atomic E-state index is 4.87. The quantitative estimate of drug-likeness (QED) is 0.327. The number of para-hydroxylation sites is 1. The molecule has 5 rings (SSSR count). The second-order valence-corrected chi connectivity index (χ2v) is 6.46. The van der Waals surface area contributed by atoms with Crippen LogP contribution in [0.4, 0.5) is 0 Å². The van der Waals surface area contributed by atoms with E-state index < -0.39 is 0 Å². The molecule has 0 unspecified atom stereocenters. The Balaban J connectivity index is 1.82. The van der Waals surface area contributed by atoms with Crippen molar-refractivity contribution in [3.05, 3.63) is 103 Å². The van der Waals surface area contributed by atoms with Crippen molar-refractivity contribution >= 4 is 21.7 Å². The minimum absolute atomic E-state index is 1.05. The van der Waals surface area contributed by atoms with E-state index in [2.05, 4.69) is 91.0 Å². The van der Waals surface area contributed by atoms with Crippen molar-refractivity contribution in [3.63, 3.8) is 0 Å². The highest BCUT2D eigenvalue weighted by molar-refractivity contribution is 6.13. The summed E-state index contributed by atoms with van der Waals surface area (Å²) in [5.41, 5.74) is 5.87. The van der Waals surface area contributed by atoms with Crippen LogP contribution in [0.1, 0.15) is 0 Å². The SMILES string of the molecule is c1ccc(-c2cccc3c2cnc2c(-c4ccccc4)cccc23)cc1. The van der Waals surface area contributed by atoms with E-state index in [-0.39, 0.29) is 0 Å². The summed E-state index contributed by atoms with van der Waals surface area (Å²) in [6, 6.07) is 33.9. The molecule has 0 amide bonds. The van der Waals surface area contributed by atoms with Crippen molar-refractivity contribution in [2.45, 2.75) is 0 Å². The fourth-order valence-electron chi connectivity index (χ4n) is 3.69. The molecule has 0 spiro atoms. The standard InChI is InChI=1S/C25H17N/c1-3-9-18(10-4-1)20-13-7-15-22-23-16-8-14-21(19-11-5-2-6-12-19)25(23)26-17-24(20)22/h1-17H. The van der Waals surface area contributed by atoms with Crippen LogP contribution in [-0.2, 0) is 0 Å². The fourth-order valence-corrected chi connectivity index (χ4v) is 3.69. The number of hydrogen-bond acceptors (Lipinski definition) is 1. The zero-order valence-corrected chi connectivity index (χ0v) is 14.3. The summed E-state index contributed by atoms with van der Waals surface area (Å²) < 4.78 is 0. The largest absolute Gasteiger partial charge is 0.255 e. The molecule has 1 heteroatoms. The Kier molecular flexibility index (Phi) is 3.50. The average Bonchev–Trinajstić information content (AvgIpc) is 2.74. The number of aromatic nitrogens is 1. The molecule has 0 saturated heterocycles. The van der Waals surface area contributed by atoms with Gasteiger partial charge in [-0.15, -0.1) is 0 Å². The number of benzene rings is 4. The van der Waals surface area contributed by atoms with Crippen molar-refractivity contribution in [2.24, 2.45) is 0 Å². The molecule has 0 aliphatic carbocycles. The normalized spacial score (nSPS) is 11.1. The van der Waals surface area contributed by atoms with Crippen LogP contribution in [0.3, 0.4) is 0 Å². The molecule has 1 heterocycles. The highest BCUT2D eigenvalue weighted by atomic mass is 14.7. The van der Waals surface area contributed by atoms with Gasteiger partial charge in [0.2, 0.25) is 0 Å². The summed E-state index contributed by atoms with van der Waals surface area (Å²) >= 11 is 0. The molecule has 5 aromatic rings. The first kappa shape index (κ1) is 14.9. The molecule has 0 bridgehead atoms. The fraction of sp³-hybridized carbons (Fsp3) is 0. The van der Waals surface area contributed by atoms with Crippen LogP contribution in [0.5, 0.6) is 0 Å². The Morgan fingerprint density at radius 3 is 1.69 bits per heavy atom. The molecule has 0 N–H and O–H groups in total. The minimum Gasteiger partial charge on any atom is -0.255 e. The lowest BCUT2D eigenvalue weighted by Crippen LogP contribution is -1.88. The van der Waals surface area contributed by atoms with Gasteiger partial charge in [-0.1, -0.05) is 97.1 Å². The minimum atomic E-state index is 1.05. The molecule has 4 aromatic carbocycles. The van der Waals surface area contributed by atoms with Crippen molar-refractivity contribution in [2.75, 3.05) is 0 Å². The van der Waals surface area contributed by atoms with E-state index in [0.29, 0.717) is 0 Å². The van der Waals surface area contributed by atoms with E-state index in [1.54, 1.807) is 0 Å². The third-order valence-corrected chi connectivity index (χ3v) is 4.92. The molecular formula is C25H17N. The number of fused-ring (bicyclic) bond motifs is 3. The van der Waals surface area contributed by atoms with E-state index in [0.717, 1.165) is 5.52 Å². The summed E-state index contributed by atoms with van der Waals surface area (Å²) in [5.74, 6) is 0. The van der Waals surface area contributed by atoms with Gasteiger partial charge < -0.3 is 0 Å². The molecule has 0 aliphatic heterocycles. The molecule has 26 heavy (non-hydrogen) atoms. The summed E-state index contributed by atoms with van der Waals surface area (Å²) in [4.78, 5) is 4.87. The number of rotatable bonds is 2. The van der Waals surface area contributed by atoms with Crippen LogP contribution in [0, 0.1) is 0 Å². The van der Waals surface area contributed by atoms with Crippen molar-refractivity contribution in [3.8, 4) is 22.3 Å². The Morgan fingerprint density at radius 2 is 1.00 bits per heavy atom. The molecule has 0 saturated carbocycles. The zero-order chi connectivity index (χ0) is 17.3. The molecule has 1 aromatic heterocycles. The first-order valence-corrected chi connectivity index (χ1v) is 8.83. The molecule has 0 aliphatic rings. The highest BCUT2D eigenvalue weighted by Gasteiger charge is 2.10. The average molecular weight is 331 g/mol. The summed E-state index contributed by atoms with van der Waals surface area (Å²) in [6.07, 6.45) is 2.02. The maximum Gasteiger partial charge on any atom is 0.0786 e. The lowest BCUT2D eigenvalue weighted by Gasteiger charge is -2.11. The van der Waals surface area contributed by atoms with E-state index in [1.165, 1.54) is 38.4 Å². The second kappa shape index (κ2) is 6.12. The first-order chi connectivity index (χ1) is 12.9. The summed E-state index contributed by atoms with van der Waals surface area (Å²) in [5, 5.41) is 3.63. The molecule has 0 atom stereocenters. The monoisotopic (exact) mass is 331 g/mol. The van der Waals surface area contributed by atoms with E-state index >= 15 is 0 Å².